The zero-order chi connectivity index (χ0) is 11.5. The van der Waals surface area contributed by atoms with Crippen molar-refractivity contribution in [2.75, 3.05) is 12.4 Å². The minimum atomic E-state index is -0.220. The lowest BCUT2D eigenvalue weighted by molar-refractivity contribution is 0.619. The fourth-order valence-electron chi connectivity index (χ4n) is 1.39. The molecule has 0 saturated heterocycles. The molecule has 3 nitrogen and oxygen atoms in total. The number of anilines is 1. The minimum Gasteiger partial charge on any atom is -0.357 e. The van der Waals surface area contributed by atoms with E-state index in [2.05, 4.69) is 15.3 Å². The van der Waals surface area contributed by atoms with Crippen molar-refractivity contribution in [3.63, 3.8) is 0 Å². The van der Waals surface area contributed by atoms with Gasteiger partial charge < -0.3 is 5.32 Å². The van der Waals surface area contributed by atoms with E-state index >= 15 is 0 Å². The molecule has 2 aromatic rings. The van der Waals surface area contributed by atoms with E-state index in [1.807, 2.05) is 6.07 Å². The Morgan fingerprint density at radius 1 is 1.25 bits per heavy atom. The van der Waals surface area contributed by atoms with Crippen LogP contribution in [0, 0.1) is 12.7 Å². The molecule has 1 N–H and O–H groups in total. The molecular formula is C12H12FN3. The largest absolute Gasteiger partial charge is 0.357 e. The van der Waals surface area contributed by atoms with E-state index in [1.54, 1.807) is 32.3 Å². The molecule has 1 aromatic heterocycles. The van der Waals surface area contributed by atoms with Gasteiger partial charge in [-0.1, -0.05) is 12.1 Å². The van der Waals surface area contributed by atoms with Gasteiger partial charge in [-0.2, -0.15) is 0 Å². The number of aryl methyl sites for hydroxylation is 1. The van der Waals surface area contributed by atoms with Gasteiger partial charge in [-0.25, -0.2) is 14.4 Å². The number of hydrogen-bond acceptors (Lipinski definition) is 3. The van der Waals surface area contributed by atoms with Crippen LogP contribution in [0.5, 0.6) is 0 Å². The highest BCUT2D eigenvalue weighted by Crippen LogP contribution is 2.20. The van der Waals surface area contributed by atoms with Crippen LogP contribution in [0.2, 0.25) is 0 Å². The molecule has 0 atom stereocenters. The lowest BCUT2D eigenvalue weighted by Crippen LogP contribution is -1.97. The number of aromatic nitrogens is 2. The van der Waals surface area contributed by atoms with E-state index in [-0.39, 0.29) is 5.82 Å². The third kappa shape index (κ3) is 2.00. The molecule has 16 heavy (non-hydrogen) atoms. The Hall–Kier alpha value is -1.97. The SMILES string of the molecule is CNc1nccc(-c2ccc(C)c(F)c2)n1. The number of halogens is 1. The molecule has 0 spiro atoms. The first-order valence-electron chi connectivity index (χ1n) is 4.98. The van der Waals surface area contributed by atoms with E-state index in [0.717, 1.165) is 5.56 Å². The fourth-order valence-corrected chi connectivity index (χ4v) is 1.39. The molecular weight excluding hydrogens is 205 g/mol. The van der Waals surface area contributed by atoms with Gasteiger partial charge in [0.15, 0.2) is 0 Å². The molecule has 1 aromatic carbocycles. The van der Waals surface area contributed by atoms with Gasteiger partial charge in [-0.3, -0.25) is 0 Å². The second-order valence-corrected chi connectivity index (χ2v) is 3.48. The summed E-state index contributed by atoms with van der Waals surface area (Å²) in [7, 11) is 1.74. The first kappa shape index (κ1) is 10.5. The summed E-state index contributed by atoms with van der Waals surface area (Å²) < 4.78 is 13.4. The molecule has 2 rings (SSSR count). The summed E-state index contributed by atoms with van der Waals surface area (Å²) in [5.41, 5.74) is 2.09. The smallest absolute Gasteiger partial charge is 0.222 e. The molecule has 0 bridgehead atoms. The van der Waals surface area contributed by atoms with Gasteiger partial charge in [-0.15, -0.1) is 0 Å². The van der Waals surface area contributed by atoms with Crippen molar-refractivity contribution in [1.82, 2.24) is 9.97 Å². The van der Waals surface area contributed by atoms with Gasteiger partial charge >= 0.3 is 0 Å². The Kier molecular flexibility index (Phi) is 2.81. The van der Waals surface area contributed by atoms with Crippen LogP contribution in [0.3, 0.4) is 0 Å². The van der Waals surface area contributed by atoms with Gasteiger partial charge in [0.2, 0.25) is 5.95 Å². The quantitative estimate of drug-likeness (QED) is 0.840. The predicted octanol–water partition coefficient (Wildman–Crippen LogP) is 2.63. The van der Waals surface area contributed by atoms with Crippen molar-refractivity contribution < 1.29 is 4.39 Å². The summed E-state index contributed by atoms with van der Waals surface area (Å²) in [5.74, 6) is 0.306. The van der Waals surface area contributed by atoms with Crippen molar-refractivity contribution in [2.45, 2.75) is 6.92 Å². The van der Waals surface area contributed by atoms with Crippen molar-refractivity contribution in [2.24, 2.45) is 0 Å². The Bertz CT molecular complexity index is 511. The third-order valence-corrected chi connectivity index (χ3v) is 2.35. The van der Waals surface area contributed by atoms with Gasteiger partial charge in [0.25, 0.3) is 0 Å². The average molecular weight is 217 g/mol. The lowest BCUT2D eigenvalue weighted by Gasteiger charge is -2.04. The highest BCUT2D eigenvalue weighted by atomic mass is 19.1. The van der Waals surface area contributed by atoms with Gasteiger partial charge in [0.05, 0.1) is 5.69 Å². The minimum absolute atomic E-state index is 0.220. The average Bonchev–Trinajstić information content (AvgIpc) is 2.33. The van der Waals surface area contributed by atoms with E-state index in [9.17, 15) is 4.39 Å². The fraction of sp³-hybridized carbons (Fsp3) is 0.167. The van der Waals surface area contributed by atoms with Gasteiger partial charge in [-0.05, 0) is 24.6 Å². The maximum atomic E-state index is 13.4. The first-order chi connectivity index (χ1) is 7.70. The molecule has 0 aliphatic heterocycles. The van der Waals surface area contributed by atoms with Crippen molar-refractivity contribution in [3.05, 3.63) is 41.8 Å². The molecule has 0 fully saturated rings. The Morgan fingerprint density at radius 3 is 2.75 bits per heavy atom. The molecule has 0 amide bonds. The van der Waals surface area contributed by atoms with E-state index in [4.69, 9.17) is 0 Å². The summed E-state index contributed by atoms with van der Waals surface area (Å²) in [6.45, 7) is 1.73. The molecule has 0 unspecified atom stereocenters. The molecule has 0 aliphatic rings. The van der Waals surface area contributed by atoms with Gasteiger partial charge in [0.1, 0.15) is 5.82 Å². The third-order valence-electron chi connectivity index (χ3n) is 2.35. The maximum absolute atomic E-state index is 13.4. The van der Waals surface area contributed by atoms with E-state index in [1.165, 1.54) is 6.07 Å². The molecule has 0 saturated carbocycles. The van der Waals surface area contributed by atoms with Crippen LogP contribution in [0.4, 0.5) is 10.3 Å². The second kappa shape index (κ2) is 4.26. The highest BCUT2D eigenvalue weighted by Gasteiger charge is 2.04. The van der Waals surface area contributed by atoms with Crippen LogP contribution >= 0.6 is 0 Å². The number of nitrogens with zero attached hydrogens (tertiary/aromatic N) is 2. The van der Waals surface area contributed by atoms with Crippen LogP contribution in [-0.2, 0) is 0 Å². The van der Waals surface area contributed by atoms with Crippen LogP contribution in [-0.4, -0.2) is 17.0 Å². The topological polar surface area (TPSA) is 37.8 Å². The van der Waals surface area contributed by atoms with Crippen LogP contribution in [0.1, 0.15) is 5.56 Å². The van der Waals surface area contributed by atoms with Crippen molar-refractivity contribution in [3.8, 4) is 11.3 Å². The monoisotopic (exact) mass is 217 g/mol. The van der Waals surface area contributed by atoms with Gasteiger partial charge in [0, 0.05) is 18.8 Å². The maximum Gasteiger partial charge on any atom is 0.222 e. The summed E-state index contributed by atoms with van der Waals surface area (Å²) in [5, 5.41) is 2.85. The summed E-state index contributed by atoms with van der Waals surface area (Å²) in [6, 6.07) is 6.83. The zero-order valence-corrected chi connectivity index (χ0v) is 9.16. The Balaban J connectivity index is 2.46. The van der Waals surface area contributed by atoms with E-state index < -0.39 is 0 Å². The summed E-state index contributed by atoms with van der Waals surface area (Å²) in [4.78, 5) is 8.25. The Morgan fingerprint density at radius 2 is 2.06 bits per heavy atom. The van der Waals surface area contributed by atoms with Crippen LogP contribution < -0.4 is 5.32 Å². The molecule has 82 valence electrons. The predicted molar refractivity (Wildman–Crippen MR) is 61.7 cm³/mol. The second-order valence-electron chi connectivity index (χ2n) is 3.48. The number of benzene rings is 1. The summed E-state index contributed by atoms with van der Waals surface area (Å²) >= 11 is 0. The standard InChI is InChI=1S/C12H12FN3/c1-8-3-4-9(7-10(8)13)11-5-6-15-12(14-2)16-11/h3-7H,1-2H3,(H,14,15,16). The first-order valence-corrected chi connectivity index (χ1v) is 4.98. The summed E-state index contributed by atoms with van der Waals surface area (Å²) in [6.07, 6.45) is 1.64. The molecule has 0 radical (unpaired) electrons. The number of hydrogen-bond donors (Lipinski definition) is 1. The Labute approximate surface area is 93.4 Å². The van der Waals surface area contributed by atoms with Crippen LogP contribution in [0.15, 0.2) is 30.5 Å². The zero-order valence-electron chi connectivity index (χ0n) is 9.16. The van der Waals surface area contributed by atoms with Crippen molar-refractivity contribution >= 4 is 5.95 Å². The molecule has 0 aliphatic carbocycles. The highest BCUT2D eigenvalue weighted by molar-refractivity contribution is 5.60. The lowest BCUT2D eigenvalue weighted by atomic mass is 10.1. The normalized spacial score (nSPS) is 10.2. The van der Waals surface area contributed by atoms with Crippen molar-refractivity contribution in [1.29, 1.82) is 0 Å². The number of nitrogens with one attached hydrogen (secondary N) is 1. The number of rotatable bonds is 2. The van der Waals surface area contributed by atoms with E-state index in [0.29, 0.717) is 17.2 Å². The van der Waals surface area contributed by atoms with Crippen LogP contribution in [0.25, 0.3) is 11.3 Å². The molecule has 1 heterocycles. The molecule has 4 heteroatoms.